The van der Waals surface area contributed by atoms with Crippen LogP contribution in [0.25, 0.3) is 16.7 Å². The summed E-state index contributed by atoms with van der Waals surface area (Å²) < 4.78 is 239. The number of benzene rings is 6. The molecule has 7 heterocycles. The Hall–Kier alpha value is -9.23. The third-order valence-corrected chi connectivity index (χ3v) is 26.5. The van der Waals surface area contributed by atoms with Crippen molar-refractivity contribution in [2.45, 2.75) is 133 Å². The van der Waals surface area contributed by atoms with Gasteiger partial charge in [-0.25, -0.2) is 25.3 Å². The summed E-state index contributed by atoms with van der Waals surface area (Å²) in [6.45, 7) is 8.23. The van der Waals surface area contributed by atoms with Crippen LogP contribution < -0.4 is 43.1 Å². The molecule has 1 unspecified atom stereocenters. The number of rotatable bonds is 21. The van der Waals surface area contributed by atoms with E-state index in [-0.39, 0.29) is 112 Å². The Labute approximate surface area is 660 Å². The molecule has 0 saturated carbocycles. The first-order valence-electron chi connectivity index (χ1n) is 37.1. The smallest absolute Gasteiger partial charge is 0.416 e. The van der Waals surface area contributed by atoms with Gasteiger partial charge in [0, 0.05) is 109 Å². The minimum absolute atomic E-state index is 0.00313. The molecule has 0 bridgehead atoms. The Kier molecular flexibility index (Phi) is 26.0. The zero-order chi connectivity index (χ0) is 83.4. The molecule has 115 heavy (non-hydrogen) atoms. The number of β-amino-alcohol motifs (C(OH)–C–C–N with tert-alkyl or cyclic N) is 1. The lowest BCUT2D eigenvalue weighted by Crippen LogP contribution is -2.47. The van der Waals surface area contributed by atoms with Crippen LogP contribution in [0.15, 0.2) is 127 Å². The molecule has 1 fully saturated rings. The number of halogens is 9. The van der Waals surface area contributed by atoms with Gasteiger partial charge < -0.3 is 54.2 Å². The average Bonchev–Trinajstić information content (AvgIpc) is 0.982. The number of hydrogen-bond acceptors (Lipinski definition) is 17. The number of carbonyl (C=O) groups excluding carboxylic acids is 3. The number of alkyl halides is 9. The highest BCUT2D eigenvalue weighted by Gasteiger charge is 2.45. The van der Waals surface area contributed by atoms with Crippen molar-refractivity contribution in [3.63, 3.8) is 0 Å². The molecular formula is C80H89F9N6O17S3. The van der Waals surface area contributed by atoms with Crippen LogP contribution in [0.5, 0.6) is 17.2 Å². The highest BCUT2D eigenvalue weighted by atomic mass is 32.2. The van der Waals surface area contributed by atoms with Crippen molar-refractivity contribution in [3.8, 4) is 17.2 Å². The van der Waals surface area contributed by atoms with E-state index in [0.29, 0.717) is 129 Å². The first-order chi connectivity index (χ1) is 54.3. The summed E-state index contributed by atoms with van der Waals surface area (Å²) in [5.41, 5.74) is 2.43. The topological polar surface area (TPSA) is 288 Å². The highest BCUT2D eigenvalue weighted by Crippen LogP contribution is 2.50. The molecule has 0 aliphatic carbocycles. The van der Waals surface area contributed by atoms with Crippen LogP contribution in [0.3, 0.4) is 0 Å². The van der Waals surface area contributed by atoms with E-state index < -0.39 is 99.8 Å². The normalized spacial score (nSPS) is 20.0. The summed E-state index contributed by atoms with van der Waals surface area (Å²) in [6.07, 6.45) is -5.96. The zero-order valence-electron chi connectivity index (χ0n) is 64.0. The van der Waals surface area contributed by atoms with Crippen molar-refractivity contribution in [2.24, 2.45) is 0 Å². The van der Waals surface area contributed by atoms with Gasteiger partial charge in [0.2, 0.25) is 47.8 Å². The number of nitrogens with zero attached hydrogens (tertiary/aromatic N) is 3. The Morgan fingerprint density at radius 3 is 1.11 bits per heavy atom. The Bertz CT molecular complexity index is 5110. The van der Waals surface area contributed by atoms with Crippen LogP contribution in [-0.4, -0.2) is 162 Å². The van der Waals surface area contributed by atoms with Gasteiger partial charge in [-0.15, -0.1) is 0 Å². The second-order valence-corrected chi connectivity index (χ2v) is 34.8. The van der Waals surface area contributed by atoms with Crippen LogP contribution in [0.4, 0.5) is 73.6 Å². The Morgan fingerprint density at radius 2 is 0.800 bits per heavy atom. The van der Waals surface area contributed by atoms with Crippen LogP contribution in [0.1, 0.15) is 123 Å². The van der Waals surface area contributed by atoms with Gasteiger partial charge >= 0.3 is 18.5 Å². The summed E-state index contributed by atoms with van der Waals surface area (Å²) in [7, 11) is -6.26. The molecule has 7 aliphatic heterocycles. The van der Waals surface area contributed by atoms with Crippen molar-refractivity contribution in [1.82, 2.24) is 0 Å². The van der Waals surface area contributed by atoms with Crippen molar-refractivity contribution in [1.29, 1.82) is 0 Å². The van der Waals surface area contributed by atoms with E-state index in [9.17, 15) is 84.3 Å². The number of fused-ring (bicyclic) bond motifs is 6. The maximum atomic E-state index is 13.4. The summed E-state index contributed by atoms with van der Waals surface area (Å²) >= 11 is 0. The van der Waals surface area contributed by atoms with Gasteiger partial charge in [-0.05, 0) is 134 Å². The molecule has 6 aromatic rings. The predicted octanol–water partition coefficient (Wildman–Crippen LogP) is 13.8. The SMILES string of the molecule is CCC1(CC)C/C(=C\C(=O)Nc2cccc3c2CCS(=O)(=O)N3CC2CO2)c2ccc(C(F)(F)F)cc2O1.CCC1(CC)C/C(=C\C(=O)Nc2cccc3c2CCS(=O)(=O)N3CCOC)c2ccc(C(F)(F)F)cc2O1.COCC1(COC)C/C(=C\C(=O)Nc2cccc3c2CCS(=O)(=O)N3CCO)c2ccc(C(F)(F)F)cc2O1. The molecule has 13 rings (SSSR count). The molecule has 23 nitrogen and oxygen atoms in total. The van der Waals surface area contributed by atoms with E-state index in [2.05, 4.69) is 16.0 Å². The van der Waals surface area contributed by atoms with Crippen molar-refractivity contribution >= 4 is 98.6 Å². The predicted molar refractivity (Wildman–Crippen MR) is 416 cm³/mol. The number of anilines is 6. The minimum Gasteiger partial charge on any atom is -0.486 e. The van der Waals surface area contributed by atoms with Crippen molar-refractivity contribution < 1.29 is 117 Å². The maximum Gasteiger partial charge on any atom is 0.416 e. The molecular weight excluding hydrogens is 1580 g/mol. The fraction of sp³-hybridized carbons (Fsp3) is 0.438. The highest BCUT2D eigenvalue weighted by molar-refractivity contribution is 7.93. The minimum atomic E-state index is -4.59. The molecule has 6 aromatic carbocycles. The maximum absolute atomic E-state index is 13.4. The van der Waals surface area contributed by atoms with E-state index in [1.807, 2.05) is 27.7 Å². The number of hydrogen-bond donors (Lipinski definition) is 4. The zero-order valence-corrected chi connectivity index (χ0v) is 66.4. The number of aliphatic hydroxyl groups excluding tert-OH is 1. The van der Waals surface area contributed by atoms with Crippen LogP contribution in [0.2, 0.25) is 0 Å². The lowest BCUT2D eigenvalue weighted by molar-refractivity contribution is -0.138. The molecule has 7 aliphatic rings. The first kappa shape index (κ1) is 86.6. The van der Waals surface area contributed by atoms with E-state index >= 15 is 0 Å². The van der Waals surface area contributed by atoms with Gasteiger partial charge in [-0.1, -0.05) is 64.1 Å². The number of methoxy groups -OCH3 is 3. The molecule has 1 atom stereocenters. The van der Waals surface area contributed by atoms with E-state index in [1.165, 1.54) is 66.4 Å². The fourth-order valence-electron chi connectivity index (χ4n) is 15.1. The van der Waals surface area contributed by atoms with Gasteiger partial charge in [0.1, 0.15) is 28.5 Å². The van der Waals surface area contributed by atoms with E-state index in [0.717, 1.165) is 40.7 Å². The Balaban J connectivity index is 0.000000170. The molecule has 3 amide bonds. The summed E-state index contributed by atoms with van der Waals surface area (Å²) in [6, 6.07) is 24.8. The van der Waals surface area contributed by atoms with Crippen molar-refractivity contribution in [2.75, 3.05) is 120 Å². The van der Waals surface area contributed by atoms with Crippen LogP contribution >= 0.6 is 0 Å². The van der Waals surface area contributed by atoms with Crippen LogP contribution in [-0.2, 0) is 101 Å². The molecule has 1 saturated heterocycles. The second kappa shape index (κ2) is 34.5. The second-order valence-electron chi connectivity index (χ2n) is 28.7. The lowest BCUT2D eigenvalue weighted by atomic mass is 9.82. The number of aliphatic hydroxyl groups is 1. The number of epoxide rings is 1. The monoisotopic (exact) mass is 1670 g/mol. The summed E-state index contributed by atoms with van der Waals surface area (Å²) in [5, 5.41) is 17.9. The van der Waals surface area contributed by atoms with Crippen molar-refractivity contribution in [3.05, 3.63) is 177 Å². The van der Waals surface area contributed by atoms with E-state index in [4.69, 9.17) is 33.2 Å². The third-order valence-electron chi connectivity index (χ3n) is 21.2. The number of ether oxygens (including phenoxy) is 7. The molecule has 0 radical (unpaired) electrons. The van der Waals surface area contributed by atoms with Crippen LogP contribution in [0, 0.1) is 0 Å². The lowest BCUT2D eigenvalue weighted by Gasteiger charge is -2.39. The number of sulfonamides is 3. The van der Waals surface area contributed by atoms with Gasteiger partial charge in [-0.2, -0.15) is 39.5 Å². The molecule has 0 aromatic heterocycles. The number of carbonyl (C=O) groups is 3. The molecule has 622 valence electrons. The molecule has 4 N–H and O–H groups in total. The van der Waals surface area contributed by atoms with Gasteiger partial charge in [0.15, 0.2) is 5.60 Å². The third kappa shape index (κ3) is 19.6. The molecule has 0 spiro atoms. The fourth-order valence-corrected chi connectivity index (χ4v) is 19.6. The standard InChI is InChI=1S/C27H29F3N2O5S.C27H31F3N2O5S.C26H29F3N2O7S/c1-3-26(4-2)14-17(20-9-8-18(27(28,29)30)13-24(20)37-26)12-25(33)31-22-6-5-7-23-21(22)10-11-38(34,35)32(23)15-19-16-36-19;1-4-26(5-2)17-18(20-10-9-19(27(28,29)30)16-24(20)37-26)15-25(33)31-22-7-6-8-23-21(22)11-14-38(34,35)32(23)12-13-36-3;1-36-15-25(16-37-2)14-17(19-7-6-18(26(27,28)29)13-23(19)38-25)12-24(33)30-21-4-3-5-22-20(21)8-11-39(34,35)31(22)9-10-32/h5-9,12-13,19H,3-4,10-11,14-16H2,1-2H3,(H,31,33);6-10,15-16H,4-5,11-14,17H2,1-3H3,(H,31,33);3-7,12-13,32H,8-11,14-16H2,1-2H3,(H,30,33)/b17-12+;18-15+;17-12+. The van der Waals surface area contributed by atoms with Gasteiger partial charge in [-0.3, -0.25) is 27.3 Å². The largest absolute Gasteiger partial charge is 0.486 e. The first-order valence-corrected chi connectivity index (χ1v) is 42.0. The van der Waals surface area contributed by atoms with E-state index in [1.54, 1.807) is 54.6 Å². The molecule has 35 heteroatoms. The van der Waals surface area contributed by atoms with Gasteiger partial charge in [0.25, 0.3) is 0 Å². The summed E-state index contributed by atoms with van der Waals surface area (Å²) in [5.74, 6) is -1.67. The Morgan fingerprint density at radius 1 is 0.478 bits per heavy atom. The number of nitrogens with one attached hydrogen (secondary N) is 3. The summed E-state index contributed by atoms with van der Waals surface area (Å²) in [4.78, 5) is 39.7. The van der Waals surface area contributed by atoms with Gasteiger partial charge in [0.05, 0.1) is 110 Å². The quantitative estimate of drug-likeness (QED) is 0.0296. The number of amides is 3. The average molecular weight is 1670 g/mol.